The summed E-state index contributed by atoms with van der Waals surface area (Å²) < 4.78 is 18.5. The van der Waals surface area contributed by atoms with Gasteiger partial charge < -0.3 is 24.4 Å². The molecule has 0 amide bonds. The van der Waals surface area contributed by atoms with Gasteiger partial charge in [0.05, 0.1) is 17.6 Å². The van der Waals surface area contributed by atoms with E-state index in [4.69, 9.17) is 14.2 Å². The Morgan fingerprint density at radius 2 is 1.78 bits per heavy atom. The fourth-order valence-corrected chi connectivity index (χ4v) is 7.32. The minimum absolute atomic E-state index is 0.290. The van der Waals surface area contributed by atoms with E-state index in [9.17, 15) is 15.0 Å². The molecule has 4 fully saturated rings. The van der Waals surface area contributed by atoms with E-state index in [1.54, 1.807) is 13.8 Å². The van der Waals surface area contributed by atoms with Crippen molar-refractivity contribution in [3.05, 3.63) is 0 Å². The first-order valence-corrected chi connectivity index (χ1v) is 12.8. The number of rotatable bonds is 5. The van der Waals surface area contributed by atoms with Crippen LogP contribution < -0.4 is 0 Å². The third kappa shape index (κ3) is 3.93. The molecule has 0 bridgehead atoms. The van der Waals surface area contributed by atoms with Crippen molar-refractivity contribution in [2.75, 3.05) is 0 Å². The van der Waals surface area contributed by atoms with Crippen LogP contribution in [0.15, 0.2) is 0 Å². The lowest BCUT2D eigenvalue weighted by atomic mass is 9.74. The number of esters is 1. The Morgan fingerprint density at radius 1 is 1.09 bits per heavy atom. The van der Waals surface area contributed by atoms with Crippen molar-refractivity contribution in [1.82, 2.24) is 0 Å². The number of hydrogen-bond donors (Lipinski definition) is 2. The summed E-state index contributed by atoms with van der Waals surface area (Å²) in [6.45, 7) is 14.9. The molecule has 1 aliphatic heterocycles. The monoisotopic (exact) mass is 452 g/mol. The first-order valence-electron chi connectivity index (χ1n) is 12.8. The average molecular weight is 453 g/mol. The van der Waals surface area contributed by atoms with Gasteiger partial charge in [-0.1, -0.05) is 41.0 Å². The van der Waals surface area contributed by atoms with Crippen LogP contribution in [-0.2, 0) is 19.0 Å². The molecule has 2 N–H and O–H groups in total. The lowest BCUT2D eigenvalue weighted by Crippen LogP contribution is -2.61. The Morgan fingerprint density at radius 3 is 2.44 bits per heavy atom. The molecule has 0 radical (unpaired) electrons. The molecule has 6 heteroatoms. The van der Waals surface area contributed by atoms with Gasteiger partial charge in [0.25, 0.3) is 0 Å². The maximum atomic E-state index is 12.6. The number of carbonyl (C=O) groups excluding carboxylic acids is 1. The normalized spacial score (nSPS) is 50.7. The molecular weight excluding hydrogens is 408 g/mol. The summed E-state index contributed by atoms with van der Waals surface area (Å²) in [6, 6.07) is 0. The second-order valence-electron chi connectivity index (χ2n) is 12.1. The van der Waals surface area contributed by atoms with Crippen LogP contribution in [0.5, 0.6) is 0 Å². The van der Waals surface area contributed by atoms with Crippen LogP contribution in [0.4, 0.5) is 0 Å². The van der Waals surface area contributed by atoms with Crippen molar-refractivity contribution < 1.29 is 29.2 Å². The second kappa shape index (κ2) is 8.51. The third-order valence-corrected chi connectivity index (χ3v) is 9.78. The van der Waals surface area contributed by atoms with Crippen molar-refractivity contribution in [3.8, 4) is 0 Å². The van der Waals surface area contributed by atoms with E-state index in [1.807, 2.05) is 6.92 Å². The molecule has 12 atom stereocenters. The minimum Gasteiger partial charge on any atom is -0.454 e. The molecule has 1 heterocycles. The summed E-state index contributed by atoms with van der Waals surface area (Å²) in [5, 5.41) is 21.2. The highest BCUT2D eigenvalue weighted by Crippen LogP contribution is 2.71. The number of fused-ring (bicyclic) bond motifs is 3. The highest BCUT2D eigenvalue weighted by Gasteiger charge is 2.67. The largest absolute Gasteiger partial charge is 0.454 e. The van der Waals surface area contributed by atoms with Gasteiger partial charge in [-0.3, -0.25) is 4.79 Å². The average Bonchev–Trinajstić information content (AvgIpc) is 3.11. The van der Waals surface area contributed by atoms with Crippen molar-refractivity contribution in [2.45, 2.75) is 117 Å². The van der Waals surface area contributed by atoms with Gasteiger partial charge in [-0.15, -0.1) is 0 Å². The van der Waals surface area contributed by atoms with E-state index in [0.29, 0.717) is 29.6 Å². The fourth-order valence-electron chi connectivity index (χ4n) is 7.32. The predicted molar refractivity (Wildman–Crippen MR) is 121 cm³/mol. The first kappa shape index (κ1) is 24.4. The topological polar surface area (TPSA) is 85.2 Å². The number of aliphatic hydroxyl groups is 2. The molecule has 0 spiro atoms. The Hall–Kier alpha value is -0.690. The molecule has 1 saturated heterocycles. The summed E-state index contributed by atoms with van der Waals surface area (Å²) in [4.78, 5) is 12.6. The number of hydrogen-bond acceptors (Lipinski definition) is 6. The Bertz CT molecular complexity index is 708. The zero-order chi connectivity index (χ0) is 23.6. The van der Waals surface area contributed by atoms with Gasteiger partial charge >= 0.3 is 5.97 Å². The summed E-state index contributed by atoms with van der Waals surface area (Å²) in [5.74, 6) is 2.52. The molecule has 6 nitrogen and oxygen atoms in total. The van der Waals surface area contributed by atoms with E-state index in [2.05, 4.69) is 27.7 Å². The van der Waals surface area contributed by atoms with Crippen LogP contribution in [0.2, 0.25) is 0 Å². The molecule has 0 aromatic rings. The quantitative estimate of drug-likeness (QED) is 0.615. The highest BCUT2D eigenvalue weighted by molar-refractivity contribution is 5.72. The third-order valence-electron chi connectivity index (χ3n) is 9.78. The summed E-state index contributed by atoms with van der Waals surface area (Å²) in [5.41, 5.74) is -0.000282. The number of ether oxygens (including phenoxy) is 3. The standard InChI is InChI=1S/C26H44O6/c1-8-13(2)23(29)31-22-21(28)20(27)15(4)30-24(22)32-26(7)12-11-17-19(25(17,5)6)18-14(3)9-10-16(18)26/h13-22,24,27-28H,8-12H2,1-7H3/t13-,14-,15-,16+,17-,18-,19-,20+,21+,22-,24+,26-/m1/s1. The fraction of sp³-hybridized carbons (Fsp3) is 0.962. The summed E-state index contributed by atoms with van der Waals surface area (Å²) >= 11 is 0. The van der Waals surface area contributed by atoms with Crippen LogP contribution in [-0.4, -0.2) is 52.5 Å². The molecule has 4 aliphatic rings. The Balaban J connectivity index is 1.58. The van der Waals surface area contributed by atoms with Gasteiger partial charge in [-0.25, -0.2) is 0 Å². The zero-order valence-corrected chi connectivity index (χ0v) is 20.9. The molecule has 184 valence electrons. The second-order valence-corrected chi connectivity index (χ2v) is 12.1. The Labute approximate surface area is 193 Å². The summed E-state index contributed by atoms with van der Waals surface area (Å²) in [6.07, 6.45) is 0.153. The SMILES string of the molecule is CC[C@@H](C)C(=O)O[C@H]1[C@H](O[C@]2(C)CC[C@@H]3[C@H]([C@@H]4[C@H](C)CC[C@@H]42)C3(C)C)O[C@H](C)[C@H](O)[C@@H]1O. The maximum absolute atomic E-state index is 12.6. The smallest absolute Gasteiger partial charge is 0.309 e. The van der Waals surface area contributed by atoms with Gasteiger partial charge in [-0.2, -0.15) is 0 Å². The number of aliphatic hydroxyl groups excluding tert-OH is 2. The van der Waals surface area contributed by atoms with Crippen LogP contribution >= 0.6 is 0 Å². The van der Waals surface area contributed by atoms with Gasteiger partial charge in [0.2, 0.25) is 0 Å². The maximum Gasteiger partial charge on any atom is 0.309 e. The molecule has 3 saturated carbocycles. The Kier molecular flexibility index (Phi) is 6.50. The van der Waals surface area contributed by atoms with Crippen molar-refractivity contribution in [3.63, 3.8) is 0 Å². The molecule has 0 aromatic heterocycles. The van der Waals surface area contributed by atoms with Gasteiger partial charge in [0.15, 0.2) is 12.4 Å². The van der Waals surface area contributed by atoms with Crippen LogP contribution in [0.1, 0.15) is 80.6 Å². The van der Waals surface area contributed by atoms with Gasteiger partial charge in [0, 0.05) is 0 Å². The van der Waals surface area contributed by atoms with Crippen molar-refractivity contribution >= 4 is 5.97 Å². The first-order chi connectivity index (χ1) is 14.9. The van der Waals surface area contributed by atoms with E-state index in [1.165, 1.54) is 6.42 Å². The van der Waals surface area contributed by atoms with Crippen molar-refractivity contribution in [1.29, 1.82) is 0 Å². The van der Waals surface area contributed by atoms with Gasteiger partial charge in [-0.05, 0) is 74.5 Å². The van der Waals surface area contributed by atoms with E-state index < -0.39 is 42.3 Å². The highest BCUT2D eigenvalue weighted by atomic mass is 16.7. The number of carbonyl (C=O) groups is 1. The minimum atomic E-state index is -1.24. The molecule has 4 rings (SSSR count). The molecule has 0 unspecified atom stereocenters. The van der Waals surface area contributed by atoms with Crippen LogP contribution in [0, 0.1) is 40.9 Å². The zero-order valence-electron chi connectivity index (χ0n) is 20.9. The van der Waals surface area contributed by atoms with Gasteiger partial charge in [0.1, 0.15) is 12.2 Å². The molecule has 3 aliphatic carbocycles. The van der Waals surface area contributed by atoms with Crippen LogP contribution in [0.25, 0.3) is 0 Å². The van der Waals surface area contributed by atoms with E-state index >= 15 is 0 Å². The lowest BCUT2D eigenvalue weighted by molar-refractivity contribution is -0.329. The van der Waals surface area contributed by atoms with Crippen LogP contribution in [0.3, 0.4) is 0 Å². The molecule has 0 aromatic carbocycles. The van der Waals surface area contributed by atoms with E-state index in [0.717, 1.165) is 31.1 Å². The predicted octanol–water partition coefficient (Wildman–Crippen LogP) is 3.91. The molecular formula is C26H44O6. The summed E-state index contributed by atoms with van der Waals surface area (Å²) in [7, 11) is 0. The van der Waals surface area contributed by atoms with Crippen molar-refractivity contribution in [2.24, 2.45) is 40.9 Å². The van der Waals surface area contributed by atoms with E-state index in [-0.39, 0.29) is 5.92 Å². The lowest BCUT2D eigenvalue weighted by Gasteiger charge is -2.47. The molecule has 32 heavy (non-hydrogen) atoms.